The number of Topliss-reactive ketones (excluding diaryl/α,β-unsaturated/α-hetero) is 1. The number of carboxylic acid groups (broad SMARTS) is 1. The summed E-state index contributed by atoms with van der Waals surface area (Å²) in [4.78, 5) is 26.4. The number of nitrogens with one attached hydrogen (secondary N) is 1. The van der Waals surface area contributed by atoms with Gasteiger partial charge in [0, 0.05) is 11.4 Å². The van der Waals surface area contributed by atoms with E-state index in [-0.39, 0.29) is 42.3 Å². The van der Waals surface area contributed by atoms with Gasteiger partial charge in [0.2, 0.25) is 0 Å². The molecule has 2 rings (SSSR count). The maximum atomic E-state index is 11.8. The third-order valence-corrected chi connectivity index (χ3v) is 3.15. The Bertz CT molecular complexity index is 774. The number of benzene rings is 1. The van der Waals surface area contributed by atoms with E-state index >= 15 is 0 Å². The van der Waals surface area contributed by atoms with Crippen molar-refractivity contribution in [2.45, 2.75) is 19.3 Å². The minimum atomic E-state index is -1.07. The molecule has 0 aliphatic carbocycles. The molecule has 0 saturated heterocycles. The molecule has 0 unspecified atom stereocenters. The summed E-state index contributed by atoms with van der Waals surface area (Å²) in [6.07, 6.45) is -0.613. The summed E-state index contributed by atoms with van der Waals surface area (Å²) < 4.78 is 4.59. The first kappa shape index (κ1) is 17.6. The van der Waals surface area contributed by atoms with Crippen molar-refractivity contribution in [3.05, 3.63) is 40.7 Å². The van der Waals surface area contributed by atoms with Gasteiger partial charge < -0.3 is 5.11 Å². The van der Waals surface area contributed by atoms with Gasteiger partial charge >= 0.3 is 5.97 Å². The van der Waals surface area contributed by atoms with E-state index in [1.165, 1.54) is 0 Å². The van der Waals surface area contributed by atoms with Crippen LogP contribution in [0, 0.1) is 0 Å². The molecule has 0 aliphatic rings. The first-order valence-electron chi connectivity index (χ1n) is 6.79. The lowest BCUT2D eigenvalue weighted by Gasteiger charge is -2.03. The van der Waals surface area contributed by atoms with Gasteiger partial charge in [-0.1, -0.05) is 22.8 Å². The summed E-state index contributed by atoms with van der Waals surface area (Å²) in [5, 5.41) is 25.5. The summed E-state index contributed by atoms with van der Waals surface area (Å²) in [7, 11) is 0. The highest BCUT2D eigenvalue weighted by molar-refractivity contribution is 6.30. The summed E-state index contributed by atoms with van der Waals surface area (Å²) >= 11 is 5.87. The summed E-state index contributed by atoms with van der Waals surface area (Å²) in [5.74, 6) is -1.50. The van der Waals surface area contributed by atoms with Gasteiger partial charge in [-0.15, -0.1) is 0 Å². The van der Waals surface area contributed by atoms with Crippen LogP contribution < -0.4 is 5.48 Å². The maximum Gasteiger partial charge on any atom is 0.303 e. The normalized spacial score (nSPS) is 11.3. The van der Waals surface area contributed by atoms with Crippen LogP contribution in [0.5, 0.6) is 0 Å². The lowest BCUT2D eigenvalue weighted by Crippen LogP contribution is -2.22. The summed E-state index contributed by atoms with van der Waals surface area (Å²) in [6, 6.07) is 6.54. The van der Waals surface area contributed by atoms with E-state index in [1.807, 2.05) is 5.48 Å². The number of nitrogens with zero attached hydrogens (tertiary/aromatic N) is 3. The fraction of sp³-hybridized carbons (Fsp3) is 0.214. The molecule has 1 aromatic carbocycles. The number of hydroxylamine groups is 1. The second kappa shape index (κ2) is 8.18. The summed E-state index contributed by atoms with van der Waals surface area (Å²) in [5.41, 5.74) is 2.49. The van der Waals surface area contributed by atoms with E-state index in [0.29, 0.717) is 10.7 Å². The largest absolute Gasteiger partial charge is 0.481 e. The van der Waals surface area contributed by atoms with Crippen molar-refractivity contribution in [2.24, 2.45) is 4.99 Å². The number of rotatable bonds is 7. The number of amidine groups is 1. The van der Waals surface area contributed by atoms with Gasteiger partial charge in [-0.05, 0) is 23.4 Å². The van der Waals surface area contributed by atoms with Crippen molar-refractivity contribution in [1.29, 1.82) is 0 Å². The Morgan fingerprint density at radius 1 is 1.29 bits per heavy atom. The van der Waals surface area contributed by atoms with Gasteiger partial charge in [-0.25, -0.2) is 9.62 Å². The molecule has 1 heterocycles. The van der Waals surface area contributed by atoms with Crippen LogP contribution in [0.1, 0.15) is 24.2 Å². The fourth-order valence-corrected chi connectivity index (χ4v) is 2.01. The smallest absolute Gasteiger partial charge is 0.303 e. The van der Waals surface area contributed by atoms with Crippen LogP contribution in [0.4, 0.5) is 5.69 Å². The standard InChI is InChI=1S/C14H13ClN4O5/c15-8-2-1-3-9(6-8)16-14(17-23)13-11(18-24-19-13)7-10(20)4-5-12(21)22/h1-3,6,23H,4-5,7H2,(H,16,17)(H,21,22). The van der Waals surface area contributed by atoms with E-state index in [2.05, 4.69) is 19.9 Å². The van der Waals surface area contributed by atoms with Crippen molar-refractivity contribution in [2.75, 3.05) is 0 Å². The first-order chi connectivity index (χ1) is 11.5. The fourth-order valence-electron chi connectivity index (χ4n) is 1.83. The number of hydrogen-bond donors (Lipinski definition) is 3. The number of carboxylic acids is 1. The van der Waals surface area contributed by atoms with Crippen LogP contribution in [0.2, 0.25) is 5.02 Å². The van der Waals surface area contributed by atoms with Gasteiger partial charge in [0.25, 0.3) is 0 Å². The molecule has 0 radical (unpaired) electrons. The molecule has 0 spiro atoms. The highest BCUT2D eigenvalue weighted by atomic mass is 35.5. The monoisotopic (exact) mass is 352 g/mol. The number of halogens is 1. The van der Waals surface area contributed by atoms with Crippen LogP contribution in [-0.4, -0.2) is 38.2 Å². The van der Waals surface area contributed by atoms with Crippen LogP contribution in [0.15, 0.2) is 33.9 Å². The minimum Gasteiger partial charge on any atom is -0.481 e. The molecule has 126 valence electrons. The highest BCUT2D eigenvalue weighted by Crippen LogP contribution is 2.19. The Morgan fingerprint density at radius 3 is 2.75 bits per heavy atom. The van der Waals surface area contributed by atoms with Crippen LogP contribution in [0.3, 0.4) is 0 Å². The van der Waals surface area contributed by atoms with Crippen molar-refractivity contribution in [3.63, 3.8) is 0 Å². The molecule has 1 aromatic heterocycles. The minimum absolute atomic E-state index is 0.0427. The van der Waals surface area contributed by atoms with Crippen molar-refractivity contribution in [1.82, 2.24) is 15.8 Å². The van der Waals surface area contributed by atoms with Gasteiger partial charge in [-0.2, -0.15) is 0 Å². The lowest BCUT2D eigenvalue weighted by molar-refractivity contribution is -0.138. The summed E-state index contributed by atoms with van der Waals surface area (Å²) in [6.45, 7) is 0. The molecular formula is C14H13ClN4O5. The molecule has 24 heavy (non-hydrogen) atoms. The topological polar surface area (TPSA) is 138 Å². The number of hydrogen-bond acceptors (Lipinski definition) is 7. The van der Waals surface area contributed by atoms with E-state index in [1.54, 1.807) is 24.3 Å². The Labute approximate surface area is 140 Å². The number of aliphatic imine (C=N–C) groups is 1. The molecule has 9 nitrogen and oxygen atoms in total. The van der Waals surface area contributed by atoms with E-state index < -0.39 is 5.97 Å². The quantitative estimate of drug-likeness (QED) is 0.389. The van der Waals surface area contributed by atoms with Crippen molar-refractivity contribution < 1.29 is 24.5 Å². The average molecular weight is 353 g/mol. The SMILES string of the molecule is O=C(O)CCC(=O)Cc1nonc1C(=Nc1cccc(Cl)c1)NO. The molecule has 0 amide bonds. The second-order valence-corrected chi connectivity index (χ2v) is 5.16. The number of carbonyl (C=O) groups excluding carboxylic acids is 1. The van der Waals surface area contributed by atoms with Gasteiger partial charge in [0.15, 0.2) is 11.5 Å². The lowest BCUT2D eigenvalue weighted by atomic mass is 10.1. The Morgan fingerprint density at radius 2 is 2.08 bits per heavy atom. The number of aromatic nitrogens is 2. The second-order valence-electron chi connectivity index (χ2n) is 4.72. The number of carbonyl (C=O) groups is 2. The van der Waals surface area contributed by atoms with E-state index in [9.17, 15) is 14.8 Å². The average Bonchev–Trinajstić information content (AvgIpc) is 2.98. The third kappa shape index (κ3) is 4.86. The van der Waals surface area contributed by atoms with Crippen LogP contribution >= 0.6 is 11.6 Å². The number of aliphatic carboxylic acids is 1. The van der Waals surface area contributed by atoms with Crippen molar-refractivity contribution in [3.8, 4) is 0 Å². The third-order valence-electron chi connectivity index (χ3n) is 2.92. The maximum absolute atomic E-state index is 11.8. The Hall–Kier alpha value is -2.78. The van der Waals surface area contributed by atoms with Crippen LogP contribution in [0.25, 0.3) is 0 Å². The molecule has 3 N–H and O–H groups in total. The van der Waals surface area contributed by atoms with Crippen molar-refractivity contribution >= 4 is 34.9 Å². The molecule has 0 bridgehead atoms. The Balaban J connectivity index is 2.20. The molecule has 0 atom stereocenters. The zero-order valence-corrected chi connectivity index (χ0v) is 13.0. The van der Waals surface area contributed by atoms with Gasteiger partial charge in [0.05, 0.1) is 18.5 Å². The zero-order valence-electron chi connectivity index (χ0n) is 12.3. The molecule has 0 saturated carbocycles. The molecular weight excluding hydrogens is 340 g/mol. The first-order valence-corrected chi connectivity index (χ1v) is 7.17. The van der Waals surface area contributed by atoms with Crippen LogP contribution in [-0.2, 0) is 16.0 Å². The number of ketones is 1. The highest BCUT2D eigenvalue weighted by Gasteiger charge is 2.19. The van der Waals surface area contributed by atoms with Gasteiger partial charge in [-0.3, -0.25) is 20.3 Å². The van der Waals surface area contributed by atoms with E-state index in [4.69, 9.17) is 16.7 Å². The Kier molecular flexibility index (Phi) is 5.99. The predicted molar refractivity (Wildman–Crippen MR) is 82.5 cm³/mol. The predicted octanol–water partition coefficient (Wildman–Crippen LogP) is 1.76. The molecule has 0 fully saturated rings. The molecule has 2 aromatic rings. The van der Waals surface area contributed by atoms with E-state index in [0.717, 1.165) is 0 Å². The zero-order chi connectivity index (χ0) is 17.5. The van der Waals surface area contributed by atoms with Gasteiger partial charge in [0.1, 0.15) is 11.5 Å². The molecule has 10 heteroatoms. The molecule has 0 aliphatic heterocycles.